The van der Waals surface area contributed by atoms with Crippen LogP contribution in [-0.2, 0) is 4.79 Å². The van der Waals surface area contributed by atoms with Crippen molar-refractivity contribution in [1.82, 2.24) is 0 Å². The van der Waals surface area contributed by atoms with Crippen LogP contribution in [-0.4, -0.2) is 45.6 Å². The van der Waals surface area contributed by atoms with E-state index < -0.39 is 24.4 Å². The van der Waals surface area contributed by atoms with Crippen molar-refractivity contribution in [2.75, 3.05) is 4.90 Å². The first kappa shape index (κ1) is 18.9. The van der Waals surface area contributed by atoms with Gasteiger partial charge in [-0.3, -0.25) is 9.69 Å². The third-order valence-corrected chi connectivity index (χ3v) is 5.74. The Morgan fingerprint density at radius 1 is 1.00 bits per heavy atom. The molecule has 5 nitrogen and oxygen atoms in total. The highest BCUT2D eigenvalue weighted by Crippen LogP contribution is 2.42. The van der Waals surface area contributed by atoms with Crippen LogP contribution in [0.2, 0.25) is 0 Å². The summed E-state index contributed by atoms with van der Waals surface area (Å²) in [5.41, 5.74) is 4.08. The second-order valence-electron chi connectivity index (χ2n) is 7.92. The Balaban J connectivity index is 1.75. The highest BCUT2D eigenvalue weighted by molar-refractivity contribution is 6.36. The minimum absolute atomic E-state index is 0.0491. The second-order valence-corrected chi connectivity index (χ2v) is 7.92. The third-order valence-electron chi connectivity index (χ3n) is 5.74. The quantitative estimate of drug-likeness (QED) is 0.716. The van der Waals surface area contributed by atoms with Gasteiger partial charge in [0.2, 0.25) is 0 Å². The summed E-state index contributed by atoms with van der Waals surface area (Å²) >= 11 is 0. The molecular formula is C23H25NO4. The predicted octanol–water partition coefficient (Wildman–Crippen LogP) is 2.55. The molecule has 3 N–H and O–H groups in total. The minimum atomic E-state index is -1.18. The van der Waals surface area contributed by atoms with Gasteiger partial charge >= 0.3 is 0 Å². The van der Waals surface area contributed by atoms with Gasteiger partial charge in [0.1, 0.15) is 6.10 Å². The van der Waals surface area contributed by atoms with Gasteiger partial charge in [-0.2, -0.15) is 0 Å². The maximum atomic E-state index is 13.3. The second kappa shape index (κ2) is 7.17. The van der Waals surface area contributed by atoms with Crippen LogP contribution < -0.4 is 4.90 Å². The van der Waals surface area contributed by atoms with Crippen molar-refractivity contribution >= 4 is 23.2 Å². The molecule has 0 saturated heterocycles. The molecule has 2 aliphatic rings. The van der Waals surface area contributed by atoms with Gasteiger partial charge < -0.3 is 15.3 Å². The van der Waals surface area contributed by atoms with Crippen molar-refractivity contribution in [2.24, 2.45) is 0 Å². The zero-order valence-electron chi connectivity index (χ0n) is 16.0. The molecule has 0 aromatic heterocycles. The number of rotatable bonds is 3. The van der Waals surface area contributed by atoms with Crippen LogP contribution in [0.1, 0.15) is 42.9 Å². The molecule has 1 aliphatic heterocycles. The van der Waals surface area contributed by atoms with Gasteiger partial charge in [0.05, 0.1) is 23.9 Å². The number of anilines is 1. The largest absolute Gasteiger partial charge is 0.391 e. The van der Waals surface area contributed by atoms with E-state index in [9.17, 15) is 20.1 Å². The molecule has 1 aliphatic carbocycles. The Labute approximate surface area is 164 Å². The molecule has 28 heavy (non-hydrogen) atoms. The van der Waals surface area contributed by atoms with E-state index in [2.05, 4.69) is 26.0 Å². The van der Waals surface area contributed by atoms with Crippen molar-refractivity contribution in [3.05, 3.63) is 65.2 Å². The lowest BCUT2D eigenvalue weighted by Gasteiger charge is -2.30. The fraction of sp³-hybridized carbons (Fsp3) is 0.348. The van der Waals surface area contributed by atoms with Gasteiger partial charge in [0, 0.05) is 17.6 Å². The van der Waals surface area contributed by atoms with Crippen molar-refractivity contribution in [3.63, 3.8) is 0 Å². The van der Waals surface area contributed by atoms with E-state index in [4.69, 9.17) is 0 Å². The molecule has 1 amide bonds. The SMILES string of the molecule is CC(C)c1ccc(/C=C2/C(=O)N([C@H]3[C@H](O)[C@H](O)C[C@@H]3O)c3ccccc32)cc1. The number of hydrogen-bond acceptors (Lipinski definition) is 4. The molecule has 5 heteroatoms. The molecule has 4 atom stereocenters. The Morgan fingerprint density at radius 3 is 2.29 bits per heavy atom. The van der Waals surface area contributed by atoms with Crippen LogP contribution in [0.4, 0.5) is 5.69 Å². The number of benzene rings is 2. The molecule has 146 valence electrons. The van der Waals surface area contributed by atoms with E-state index >= 15 is 0 Å². The highest BCUT2D eigenvalue weighted by Gasteiger charge is 2.49. The third kappa shape index (κ3) is 3.05. The summed E-state index contributed by atoms with van der Waals surface area (Å²) in [6.45, 7) is 4.27. The lowest BCUT2D eigenvalue weighted by molar-refractivity contribution is -0.114. The fourth-order valence-corrected chi connectivity index (χ4v) is 4.15. The average molecular weight is 379 g/mol. The van der Waals surface area contributed by atoms with Crippen LogP contribution in [0.5, 0.6) is 0 Å². The lowest BCUT2D eigenvalue weighted by Crippen LogP contribution is -2.49. The zero-order valence-corrected chi connectivity index (χ0v) is 16.0. The molecule has 0 spiro atoms. The Bertz CT molecular complexity index is 918. The summed E-state index contributed by atoms with van der Waals surface area (Å²) in [6, 6.07) is 14.6. The standard InChI is InChI=1S/C23H25NO4/c1-13(2)15-9-7-14(8-10-15)11-17-16-5-3-4-6-18(16)24(23(17)28)21-19(25)12-20(26)22(21)27/h3-11,13,19-22,25-27H,12H2,1-2H3/b17-11+/t19-,20+,21+,22+/m0/s1. The molecule has 0 radical (unpaired) electrons. The van der Waals surface area contributed by atoms with Gasteiger partial charge in [-0.05, 0) is 29.2 Å². The number of aliphatic hydroxyl groups excluding tert-OH is 3. The Kier molecular flexibility index (Phi) is 4.83. The number of carbonyl (C=O) groups excluding carboxylic acids is 1. The maximum absolute atomic E-state index is 13.3. The van der Waals surface area contributed by atoms with E-state index in [0.29, 0.717) is 17.2 Å². The topological polar surface area (TPSA) is 81.0 Å². The maximum Gasteiger partial charge on any atom is 0.259 e. The number of fused-ring (bicyclic) bond motifs is 1. The molecule has 0 bridgehead atoms. The van der Waals surface area contributed by atoms with Gasteiger partial charge in [-0.1, -0.05) is 56.3 Å². The van der Waals surface area contributed by atoms with E-state index in [1.54, 1.807) is 6.07 Å². The number of hydrogen-bond donors (Lipinski definition) is 3. The Hall–Kier alpha value is -2.47. The van der Waals surface area contributed by atoms with Gasteiger partial charge in [0.15, 0.2) is 0 Å². The summed E-state index contributed by atoms with van der Waals surface area (Å²) in [5.74, 6) is 0.161. The zero-order chi connectivity index (χ0) is 20.0. The van der Waals surface area contributed by atoms with Gasteiger partial charge in [0.25, 0.3) is 5.91 Å². The molecule has 2 aromatic rings. The first-order valence-electron chi connectivity index (χ1n) is 9.67. The number of carbonyl (C=O) groups is 1. The van der Waals surface area contributed by atoms with Crippen LogP contribution in [0.15, 0.2) is 48.5 Å². The van der Waals surface area contributed by atoms with E-state index in [0.717, 1.165) is 11.1 Å². The molecule has 1 heterocycles. The predicted molar refractivity (Wildman–Crippen MR) is 109 cm³/mol. The van der Waals surface area contributed by atoms with Crippen molar-refractivity contribution < 1.29 is 20.1 Å². The van der Waals surface area contributed by atoms with E-state index in [-0.39, 0.29) is 12.3 Å². The molecule has 2 aromatic carbocycles. The van der Waals surface area contributed by atoms with E-state index in [1.165, 1.54) is 10.5 Å². The number of para-hydroxylation sites is 1. The first-order valence-corrected chi connectivity index (χ1v) is 9.67. The summed E-state index contributed by atoms with van der Waals surface area (Å²) in [4.78, 5) is 14.7. The van der Waals surface area contributed by atoms with Crippen molar-refractivity contribution in [1.29, 1.82) is 0 Å². The smallest absolute Gasteiger partial charge is 0.259 e. The normalized spacial score (nSPS) is 28.4. The Morgan fingerprint density at radius 2 is 1.68 bits per heavy atom. The number of nitrogens with zero attached hydrogens (tertiary/aromatic N) is 1. The van der Waals surface area contributed by atoms with Crippen LogP contribution in [0, 0.1) is 0 Å². The van der Waals surface area contributed by atoms with Crippen LogP contribution in [0.3, 0.4) is 0 Å². The van der Waals surface area contributed by atoms with Crippen molar-refractivity contribution in [3.8, 4) is 0 Å². The molecule has 1 fully saturated rings. The summed E-state index contributed by atoms with van der Waals surface area (Å²) in [5, 5.41) is 30.7. The summed E-state index contributed by atoms with van der Waals surface area (Å²) < 4.78 is 0. The highest BCUT2D eigenvalue weighted by atomic mass is 16.3. The van der Waals surface area contributed by atoms with Gasteiger partial charge in [-0.25, -0.2) is 0 Å². The monoisotopic (exact) mass is 379 g/mol. The van der Waals surface area contributed by atoms with Gasteiger partial charge in [-0.15, -0.1) is 0 Å². The minimum Gasteiger partial charge on any atom is -0.391 e. The summed E-state index contributed by atoms with van der Waals surface area (Å²) in [6.07, 6.45) is -1.32. The average Bonchev–Trinajstić information content (AvgIpc) is 3.08. The first-order chi connectivity index (χ1) is 13.4. The fourth-order valence-electron chi connectivity index (χ4n) is 4.15. The van der Waals surface area contributed by atoms with Crippen LogP contribution in [0.25, 0.3) is 11.6 Å². The lowest BCUT2D eigenvalue weighted by atomic mass is 9.99. The van der Waals surface area contributed by atoms with Crippen LogP contribution >= 0.6 is 0 Å². The van der Waals surface area contributed by atoms with E-state index in [1.807, 2.05) is 36.4 Å². The van der Waals surface area contributed by atoms with Crippen molar-refractivity contribution in [2.45, 2.75) is 50.5 Å². The molecule has 4 rings (SSSR count). The number of amides is 1. The molecule has 0 unspecified atom stereocenters. The summed E-state index contributed by atoms with van der Waals surface area (Å²) in [7, 11) is 0. The molecule has 1 saturated carbocycles. The molecular weight excluding hydrogens is 354 g/mol. The number of aliphatic hydroxyl groups is 3.